The molecule has 5 rings (SSSR count). The van der Waals surface area contributed by atoms with E-state index in [9.17, 15) is 19.0 Å². The zero-order valence-corrected chi connectivity index (χ0v) is 36.8. The van der Waals surface area contributed by atoms with E-state index in [1.165, 1.54) is 70.6 Å². The van der Waals surface area contributed by atoms with Crippen molar-refractivity contribution >= 4 is 41.5 Å². The lowest BCUT2D eigenvalue weighted by Crippen LogP contribution is -2.37. The number of piperidine rings is 1. The summed E-state index contributed by atoms with van der Waals surface area (Å²) in [5.74, 6) is 0. The van der Waals surface area contributed by atoms with Gasteiger partial charge in [-0.1, -0.05) is 114 Å². The van der Waals surface area contributed by atoms with E-state index >= 15 is 0 Å². The minimum atomic E-state index is -4.13. The second kappa shape index (κ2) is 24.4. The summed E-state index contributed by atoms with van der Waals surface area (Å²) in [6, 6.07) is 13.5. The van der Waals surface area contributed by atoms with Gasteiger partial charge in [0.05, 0.1) is 49.8 Å². The third-order valence-corrected chi connectivity index (χ3v) is 12.1. The van der Waals surface area contributed by atoms with E-state index in [0.717, 1.165) is 80.2 Å². The average Bonchev–Trinajstić information content (AvgIpc) is 3.67. The topological polar surface area (TPSA) is 137 Å². The van der Waals surface area contributed by atoms with Crippen molar-refractivity contribution in [2.24, 2.45) is 0 Å². The molecule has 12 nitrogen and oxygen atoms in total. The molecule has 0 bridgehead atoms. The Morgan fingerprint density at radius 2 is 1.32 bits per heavy atom. The number of unbranched alkanes of at least 4 members (excludes halogenated alkanes) is 13. The van der Waals surface area contributed by atoms with Crippen LogP contribution in [0.25, 0.3) is 22.1 Å². The number of phosphoric ester groups is 1. The van der Waals surface area contributed by atoms with Crippen LogP contribution in [0.2, 0.25) is 5.02 Å². The van der Waals surface area contributed by atoms with E-state index in [-0.39, 0.29) is 30.6 Å². The highest BCUT2D eigenvalue weighted by molar-refractivity contribution is 7.45. The van der Waals surface area contributed by atoms with Gasteiger partial charge in [0.1, 0.15) is 13.2 Å². The predicted octanol–water partition coefficient (Wildman–Crippen LogP) is 9.03. The van der Waals surface area contributed by atoms with Crippen LogP contribution in [0.1, 0.15) is 122 Å². The van der Waals surface area contributed by atoms with Gasteiger partial charge in [0.25, 0.3) is 7.82 Å². The minimum absolute atomic E-state index is 0.0475. The molecule has 0 radical (unpaired) electrons. The van der Waals surface area contributed by atoms with Crippen molar-refractivity contribution in [2.45, 2.75) is 129 Å². The molecule has 2 N–H and O–H groups in total. The highest BCUT2D eigenvalue weighted by atomic mass is 35.5. The lowest BCUT2D eigenvalue weighted by Gasteiger charge is -2.32. The molecule has 0 spiro atoms. The van der Waals surface area contributed by atoms with Gasteiger partial charge in [-0.25, -0.2) is 9.59 Å². The lowest BCUT2D eigenvalue weighted by molar-refractivity contribution is -0.870. The fraction of sp³-hybridized carbons (Fsp3) is 0.674. The summed E-state index contributed by atoms with van der Waals surface area (Å²) < 4.78 is 25.8. The molecule has 2 aromatic heterocycles. The molecule has 1 unspecified atom stereocenters. The summed E-state index contributed by atoms with van der Waals surface area (Å²) in [6.45, 7) is 6.84. The first-order valence-corrected chi connectivity index (χ1v) is 23.4. The Balaban J connectivity index is 0.000000255. The highest BCUT2D eigenvalue weighted by Gasteiger charge is 2.23. The Labute approximate surface area is 345 Å². The molecule has 57 heavy (non-hydrogen) atoms. The predicted molar refractivity (Wildman–Crippen MR) is 232 cm³/mol. The second-order valence-electron chi connectivity index (χ2n) is 16.7. The molecular weight excluding hydrogens is 763 g/mol. The normalized spacial score (nSPS) is 15.3. The van der Waals surface area contributed by atoms with Crippen LogP contribution in [-0.4, -0.2) is 89.0 Å². The maximum absolute atomic E-state index is 12.5. The first kappa shape index (κ1) is 47.0. The summed E-state index contributed by atoms with van der Waals surface area (Å²) in [4.78, 5) is 44.6. The highest BCUT2D eigenvalue weighted by Crippen LogP contribution is 2.38. The molecule has 14 heteroatoms. The standard InChI is InChI=1S/C22H24ClN5O2.C21H46NO4P/c23-15-6-7-20-18(14-15)25-22(30)28(20)16-8-12-26(13-9-16)10-3-11-27-19-5-2-1-4-17(19)24-21(27)29;1-5-6-7-8-9-10-11-12-13-14-15-16-17-18-20-25-27(23,24)26-21-19-22(2,3)4/h1-2,4-7,14,16H,3,8-13H2,(H,24,29)(H,25,30);5-21H2,1-4H3. The van der Waals surface area contributed by atoms with Crippen LogP contribution >= 0.6 is 19.4 Å². The van der Waals surface area contributed by atoms with Crippen LogP contribution in [0.5, 0.6) is 0 Å². The molecule has 0 saturated carbocycles. The second-order valence-corrected chi connectivity index (χ2v) is 18.6. The smallest absolute Gasteiger partial charge is 0.326 e. The fourth-order valence-corrected chi connectivity index (χ4v) is 8.49. The van der Waals surface area contributed by atoms with Gasteiger partial charge in [0.15, 0.2) is 0 Å². The third-order valence-electron chi connectivity index (χ3n) is 10.9. The monoisotopic (exact) mass is 832 g/mol. The molecule has 0 aliphatic carbocycles. The summed E-state index contributed by atoms with van der Waals surface area (Å²) in [5, 5.41) is 0.625. The zero-order chi connectivity index (χ0) is 41.1. The van der Waals surface area contributed by atoms with Crippen LogP contribution in [0.4, 0.5) is 0 Å². The van der Waals surface area contributed by atoms with E-state index in [1.54, 1.807) is 6.07 Å². The van der Waals surface area contributed by atoms with Crippen LogP contribution in [0.15, 0.2) is 52.1 Å². The molecule has 4 aromatic rings. The van der Waals surface area contributed by atoms with Crippen LogP contribution in [0, 0.1) is 0 Å². The van der Waals surface area contributed by atoms with Crippen molar-refractivity contribution in [3.05, 3.63) is 68.5 Å². The zero-order valence-electron chi connectivity index (χ0n) is 35.2. The van der Waals surface area contributed by atoms with E-state index < -0.39 is 7.82 Å². The molecule has 1 saturated heterocycles. The van der Waals surface area contributed by atoms with Crippen molar-refractivity contribution in [2.75, 3.05) is 60.5 Å². The van der Waals surface area contributed by atoms with Crippen LogP contribution in [0.3, 0.4) is 0 Å². The number of likely N-dealkylation sites (N-methyl/N-ethyl adjacent to an activating group) is 1. The number of hydrogen-bond donors (Lipinski definition) is 2. The molecule has 1 atom stereocenters. The Kier molecular flexibility index (Phi) is 20.1. The fourth-order valence-electron chi connectivity index (χ4n) is 7.58. The van der Waals surface area contributed by atoms with Crippen molar-refractivity contribution in [3.8, 4) is 0 Å². The van der Waals surface area contributed by atoms with Crippen molar-refractivity contribution < 1.29 is 23.0 Å². The van der Waals surface area contributed by atoms with Crippen molar-refractivity contribution in [1.82, 2.24) is 24.0 Å². The maximum Gasteiger partial charge on any atom is 0.326 e. The Hall–Kier alpha value is -2.70. The average molecular weight is 833 g/mol. The van der Waals surface area contributed by atoms with Crippen LogP contribution < -0.4 is 16.3 Å². The first-order chi connectivity index (χ1) is 27.4. The molecule has 1 aliphatic rings. The van der Waals surface area contributed by atoms with E-state index in [0.29, 0.717) is 22.6 Å². The number of imidazole rings is 2. The number of quaternary nitrogens is 1. The Bertz CT molecular complexity index is 1910. The van der Waals surface area contributed by atoms with Gasteiger partial charge in [0.2, 0.25) is 0 Å². The van der Waals surface area contributed by atoms with E-state index in [2.05, 4.69) is 21.8 Å². The molecule has 320 valence electrons. The number of aryl methyl sites for hydroxylation is 1. The molecule has 0 amide bonds. The molecule has 1 fully saturated rings. The largest absolute Gasteiger partial charge is 0.756 e. The number of rotatable bonds is 25. The molecule has 1 aliphatic heterocycles. The van der Waals surface area contributed by atoms with Gasteiger partial charge in [-0.2, -0.15) is 0 Å². The van der Waals surface area contributed by atoms with E-state index in [4.69, 9.17) is 20.6 Å². The summed E-state index contributed by atoms with van der Waals surface area (Å²) in [5.41, 5.74) is 3.44. The number of nitrogens with one attached hydrogen (secondary N) is 2. The number of aromatic nitrogens is 4. The SMILES string of the molecule is CCCCCCCCCCCCCCCCOP(=O)([O-])OCC[N+](C)(C)C.O=c1[nH]c2ccccc2n1CCCN1CCC(n2c(=O)[nH]c3cc(Cl)ccc32)CC1. The number of hydrogen-bond acceptors (Lipinski definition) is 7. The number of H-pyrrole nitrogens is 2. The summed E-state index contributed by atoms with van der Waals surface area (Å²) in [7, 11) is 1.86. The summed E-state index contributed by atoms with van der Waals surface area (Å²) in [6.07, 6.45) is 20.7. The number of fused-ring (bicyclic) bond motifs is 2. The van der Waals surface area contributed by atoms with Gasteiger partial charge >= 0.3 is 11.4 Å². The van der Waals surface area contributed by atoms with Crippen molar-refractivity contribution in [3.63, 3.8) is 0 Å². The lowest BCUT2D eigenvalue weighted by atomic mass is 10.0. The molecule has 2 aromatic carbocycles. The van der Waals surface area contributed by atoms with Gasteiger partial charge in [-0.05, 0) is 62.6 Å². The number of benzene rings is 2. The number of para-hydroxylation sites is 2. The number of nitrogens with zero attached hydrogens (tertiary/aromatic N) is 4. The molecular formula is C43H70ClN6O6P. The quantitative estimate of drug-likeness (QED) is 0.0386. The Morgan fingerprint density at radius 3 is 1.95 bits per heavy atom. The van der Waals surface area contributed by atoms with Gasteiger partial charge in [-0.15, -0.1) is 0 Å². The summed E-state index contributed by atoms with van der Waals surface area (Å²) >= 11 is 6.05. The maximum atomic E-state index is 12.5. The number of phosphoric acid groups is 1. The number of halogens is 1. The Morgan fingerprint density at radius 1 is 0.737 bits per heavy atom. The number of likely N-dealkylation sites (tertiary alicyclic amines) is 1. The van der Waals surface area contributed by atoms with Gasteiger partial charge in [-0.3, -0.25) is 13.7 Å². The number of aromatic amines is 2. The van der Waals surface area contributed by atoms with E-state index in [1.807, 2.05) is 66.7 Å². The minimum Gasteiger partial charge on any atom is -0.756 e. The first-order valence-electron chi connectivity index (χ1n) is 21.6. The van der Waals surface area contributed by atoms with Gasteiger partial charge in [0, 0.05) is 30.7 Å². The van der Waals surface area contributed by atoms with Crippen molar-refractivity contribution in [1.29, 1.82) is 0 Å². The molecule has 3 heterocycles. The van der Waals surface area contributed by atoms with Crippen LogP contribution in [-0.2, 0) is 20.2 Å². The van der Waals surface area contributed by atoms with Gasteiger partial charge < -0.3 is 33.3 Å². The third kappa shape index (κ3) is 16.8.